The highest BCUT2D eigenvalue weighted by atomic mass is 16.6. The van der Waals surface area contributed by atoms with Gasteiger partial charge in [0.1, 0.15) is 0 Å². The molecule has 7 heteroatoms. The lowest BCUT2D eigenvalue weighted by Crippen LogP contribution is -2.32. The van der Waals surface area contributed by atoms with Gasteiger partial charge in [-0.2, -0.15) is 0 Å². The Kier molecular flexibility index (Phi) is 5.23. The maximum atomic E-state index is 11.5. The van der Waals surface area contributed by atoms with Gasteiger partial charge in [0.15, 0.2) is 0 Å². The molecule has 0 aliphatic carbocycles. The number of amides is 1. The number of nitrogens with zero attached hydrogens (tertiary/aromatic N) is 2. The summed E-state index contributed by atoms with van der Waals surface area (Å²) >= 11 is 0. The van der Waals surface area contributed by atoms with Crippen molar-refractivity contribution in [1.29, 1.82) is 0 Å². The van der Waals surface area contributed by atoms with Crippen molar-refractivity contribution in [2.75, 3.05) is 18.4 Å². The number of aromatic nitrogens is 1. The molecule has 1 aromatic heterocycles. The molecule has 1 heterocycles. The Morgan fingerprint density at radius 2 is 2.21 bits per heavy atom. The maximum Gasteiger partial charge on any atom is 0.314 e. The molecule has 0 aromatic carbocycles. The molecule has 0 fully saturated rings. The molecule has 0 bridgehead atoms. The van der Waals surface area contributed by atoms with E-state index < -0.39 is 4.92 Å². The maximum absolute atomic E-state index is 11.5. The quantitative estimate of drug-likeness (QED) is 0.600. The Morgan fingerprint density at radius 1 is 1.53 bits per heavy atom. The van der Waals surface area contributed by atoms with Gasteiger partial charge in [0.05, 0.1) is 11.5 Å². The standard InChI is InChI=1S/C12H18N4O3/c1-8(2)6-14-10(17)7-15-12-11(16(18)19)9(3)4-5-13-12/h4-5,8H,6-7H2,1-3H3,(H,13,15)(H,14,17). The second-order valence-corrected chi connectivity index (χ2v) is 4.63. The summed E-state index contributed by atoms with van der Waals surface area (Å²) in [7, 11) is 0. The van der Waals surface area contributed by atoms with Crippen LogP contribution in [0.2, 0.25) is 0 Å². The monoisotopic (exact) mass is 266 g/mol. The highest BCUT2D eigenvalue weighted by Crippen LogP contribution is 2.24. The predicted molar refractivity (Wildman–Crippen MR) is 72.0 cm³/mol. The van der Waals surface area contributed by atoms with Crippen molar-refractivity contribution in [3.63, 3.8) is 0 Å². The molecular formula is C12H18N4O3. The van der Waals surface area contributed by atoms with Crippen LogP contribution in [-0.2, 0) is 4.79 Å². The number of hydrogen-bond acceptors (Lipinski definition) is 5. The Balaban J connectivity index is 2.65. The lowest BCUT2D eigenvalue weighted by molar-refractivity contribution is -0.384. The van der Waals surface area contributed by atoms with Gasteiger partial charge in [-0.3, -0.25) is 14.9 Å². The zero-order valence-corrected chi connectivity index (χ0v) is 11.3. The number of nitrogens with one attached hydrogen (secondary N) is 2. The highest BCUT2D eigenvalue weighted by molar-refractivity contribution is 5.81. The first-order valence-electron chi connectivity index (χ1n) is 6.02. The molecule has 0 atom stereocenters. The lowest BCUT2D eigenvalue weighted by atomic mass is 10.2. The third kappa shape index (κ3) is 4.53. The van der Waals surface area contributed by atoms with E-state index in [1.807, 2.05) is 13.8 Å². The smallest absolute Gasteiger partial charge is 0.314 e. The number of anilines is 1. The van der Waals surface area contributed by atoms with Crippen molar-refractivity contribution in [1.82, 2.24) is 10.3 Å². The number of rotatable bonds is 6. The Bertz CT molecular complexity index is 474. The van der Waals surface area contributed by atoms with Gasteiger partial charge in [-0.25, -0.2) is 4.98 Å². The van der Waals surface area contributed by atoms with Crippen LogP contribution >= 0.6 is 0 Å². The highest BCUT2D eigenvalue weighted by Gasteiger charge is 2.18. The molecular weight excluding hydrogens is 248 g/mol. The minimum atomic E-state index is -0.503. The lowest BCUT2D eigenvalue weighted by Gasteiger charge is -2.09. The second kappa shape index (κ2) is 6.67. The fourth-order valence-electron chi connectivity index (χ4n) is 1.45. The van der Waals surface area contributed by atoms with Crippen LogP contribution in [0.5, 0.6) is 0 Å². The summed E-state index contributed by atoms with van der Waals surface area (Å²) in [5.74, 6) is 0.256. The molecule has 0 saturated carbocycles. The summed E-state index contributed by atoms with van der Waals surface area (Å²) < 4.78 is 0. The normalized spacial score (nSPS) is 10.3. The average molecular weight is 266 g/mol. The molecule has 19 heavy (non-hydrogen) atoms. The molecule has 1 amide bonds. The van der Waals surface area contributed by atoms with E-state index >= 15 is 0 Å². The SMILES string of the molecule is Cc1ccnc(NCC(=O)NCC(C)C)c1[N+](=O)[O-]. The predicted octanol–water partition coefficient (Wildman–Crippen LogP) is 1.48. The average Bonchev–Trinajstić information content (AvgIpc) is 2.33. The molecule has 0 spiro atoms. The number of carbonyl (C=O) groups excluding carboxylic acids is 1. The molecule has 7 nitrogen and oxygen atoms in total. The first-order valence-corrected chi connectivity index (χ1v) is 6.02. The van der Waals surface area contributed by atoms with Crippen LogP contribution in [0.25, 0.3) is 0 Å². The zero-order chi connectivity index (χ0) is 14.4. The van der Waals surface area contributed by atoms with E-state index in [9.17, 15) is 14.9 Å². The fraction of sp³-hybridized carbons (Fsp3) is 0.500. The van der Waals surface area contributed by atoms with Gasteiger partial charge in [-0.15, -0.1) is 0 Å². The van der Waals surface area contributed by atoms with Crippen LogP contribution in [0.1, 0.15) is 19.4 Å². The van der Waals surface area contributed by atoms with Gasteiger partial charge in [0.25, 0.3) is 0 Å². The van der Waals surface area contributed by atoms with Crippen LogP contribution in [0, 0.1) is 23.0 Å². The van der Waals surface area contributed by atoms with Gasteiger partial charge >= 0.3 is 5.69 Å². The number of pyridine rings is 1. The van der Waals surface area contributed by atoms with Crippen LogP contribution in [0.3, 0.4) is 0 Å². The first-order chi connectivity index (χ1) is 8.91. The Labute approximate surface area is 111 Å². The first kappa shape index (κ1) is 14.9. The zero-order valence-electron chi connectivity index (χ0n) is 11.3. The largest absolute Gasteiger partial charge is 0.355 e. The third-order valence-electron chi connectivity index (χ3n) is 2.43. The van der Waals surface area contributed by atoms with Crippen LogP contribution in [0.15, 0.2) is 12.3 Å². The molecule has 0 aliphatic rings. The van der Waals surface area contributed by atoms with E-state index in [-0.39, 0.29) is 24.0 Å². The van der Waals surface area contributed by atoms with Gasteiger partial charge in [-0.05, 0) is 18.9 Å². The van der Waals surface area contributed by atoms with Gasteiger partial charge in [0, 0.05) is 18.3 Å². The van der Waals surface area contributed by atoms with Gasteiger partial charge < -0.3 is 10.6 Å². The van der Waals surface area contributed by atoms with E-state index in [4.69, 9.17) is 0 Å². The molecule has 0 aliphatic heterocycles. The van der Waals surface area contributed by atoms with Crippen molar-refractivity contribution in [2.45, 2.75) is 20.8 Å². The van der Waals surface area contributed by atoms with Gasteiger partial charge in [0.2, 0.25) is 11.7 Å². The molecule has 0 unspecified atom stereocenters. The molecule has 0 saturated heterocycles. The third-order valence-corrected chi connectivity index (χ3v) is 2.43. The minimum absolute atomic E-state index is 0.0377. The molecule has 1 aromatic rings. The summed E-state index contributed by atoms with van der Waals surface area (Å²) in [6, 6.07) is 1.56. The Morgan fingerprint density at radius 3 is 2.79 bits per heavy atom. The van der Waals surface area contributed by atoms with E-state index in [2.05, 4.69) is 15.6 Å². The summed E-state index contributed by atoms with van der Waals surface area (Å²) in [6.07, 6.45) is 1.47. The topological polar surface area (TPSA) is 97.2 Å². The minimum Gasteiger partial charge on any atom is -0.355 e. The molecule has 0 radical (unpaired) electrons. The summed E-state index contributed by atoms with van der Waals surface area (Å²) in [5, 5.41) is 16.3. The second-order valence-electron chi connectivity index (χ2n) is 4.63. The molecule has 2 N–H and O–H groups in total. The number of hydrogen-bond donors (Lipinski definition) is 2. The van der Waals surface area contributed by atoms with E-state index in [0.29, 0.717) is 18.0 Å². The summed E-state index contributed by atoms with van der Waals surface area (Å²) in [5.41, 5.74) is 0.407. The van der Waals surface area contributed by atoms with E-state index in [0.717, 1.165) is 0 Å². The molecule has 1 rings (SSSR count). The van der Waals surface area contributed by atoms with Crippen molar-refractivity contribution in [3.05, 3.63) is 27.9 Å². The van der Waals surface area contributed by atoms with Crippen LogP contribution in [0.4, 0.5) is 11.5 Å². The molecule has 104 valence electrons. The van der Waals surface area contributed by atoms with E-state index in [1.54, 1.807) is 13.0 Å². The summed E-state index contributed by atoms with van der Waals surface area (Å²) in [6.45, 7) is 6.14. The Hall–Kier alpha value is -2.18. The summed E-state index contributed by atoms with van der Waals surface area (Å²) in [4.78, 5) is 25.8. The number of aryl methyl sites for hydroxylation is 1. The van der Waals surface area contributed by atoms with Crippen molar-refractivity contribution in [2.24, 2.45) is 5.92 Å². The van der Waals surface area contributed by atoms with Crippen LogP contribution in [-0.4, -0.2) is 28.9 Å². The van der Waals surface area contributed by atoms with Gasteiger partial charge in [-0.1, -0.05) is 13.8 Å². The fourth-order valence-corrected chi connectivity index (χ4v) is 1.45. The van der Waals surface area contributed by atoms with Crippen molar-refractivity contribution in [3.8, 4) is 0 Å². The van der Waals surface area contributed by atoms with Crippen molar-refractivity contribution < 1.29 is 9.72 Å². The van der Waals surface area contributed by atoms with Crippen molar-refractivity contribution >= 4 is 17.4 Å². The van der Waals surface area contributed by atoms with E-state index in [1.165, 1.54) is 6.20 Å². The van der Waals surface area contributed by atoms with Crippen LogP contribution < -0.4 is 10.6 Å². The number of nitro groups is 1. The number of carbonyl (C=O) groups is 1.